The molecule has 1 saturated carbocycles. The summed E-state index contributed by atoms with van der Waals surface area (Å²) in [6.07, 6.45) is 7.33. The SMILES string of the molecule is CSC1(CNc2cc(N)nc(N)n2)CCCC1. The Balaban J connectivity index is 2.01. The fourth-order valence-corrected chi connectivity index (χ4v) is 3.21. The number of thioether (sulfide) groups is 1. The van der Waals surface area contributed by atoms with Crippen LogP contribution in [0.5, 0.6) is 0 Å². The first kappa shape index (κ1) is 12.3. The Kier molecular flexibility index (Phi) is 3.61. The van der Waals surface area contributed by atoms with E-state index in [0.717, 1.165) is 12.4 Å². The van der Waals surface area contributed by atoms with Crippen LogP contribution in [0.1, 0.15) is 25.7 Å². The minimum Gasteiger partial charge on any atom is -0.383 e. The molecule has 5 nitrogen and oxygen atoms in total. The molecule has 1 heterocycles. The summed E-state index contributed by atoms with van der Waals surface area (Å²) in [7, 11) is 0. The van der Waals surface area contributed by atoms with Gasteiger partial charge in [-0.25, -0.2) is 0 Å². The zero-order valence-corrected chi connectivity index (χ0v) is 10.9. The highest BCUT2D eigenvalue weighted by Crippen LogP contribution is 2.40. The first-order chi connectivity index (χ1) is 8.13. The zero-order valence-electron chi connectivity index (χ0n) is 10.1. The highest BCUT2D eigenvalue weighted by atomic mass is 32.2. The molecule has 1 aliphatic rings. The molecule has 0 spiro atoms. The Morgan fingerprint density at radius 3 is 2.65 bits per heavy atom. The van der Waals surface area contributed by atoms with Crippen LogP contribution in [0.4, 0.5) is 17.6 Å². The van der Waals surface area contributed by atoms with Gasteiger partial charge in [0.2, 0.25) is 5.95 Å². The highest BCUT2D eigenvalue weighted by molar-refractivity contribution is 8.00. The van der Waals surface area contributed by atoms with E-state index in [0.29, 0.717) is 10.6 Å². The summed E-state index contributed by atoms with van der Waals surface area (Å²) in [6, 6.07) is 1.72. The number of nitrogens with two attached hydrogens (primary N) is 2. The predicted octanol–water partition coefficient (Wildman–Crippen LogP) is 1.73. The van der Waals surface area contributed by atoms with Crippen molar-refractivity contribution in [1.82, 2.24) is 9.97 Å². The number of hydrogen-bond donors (Lipinski definition) is 3. The van der Waals surface area contributed by atoms with Crippen molar-refractivity contribution in [3.05, 3.63) is 6.07 Å². The lowest BCUT2D eigenvalue weighted by Gasteiger charge is -2.27. The fraction of sp³-hybridized carbons (Fsp3) is 0.636. The van der Waals surface area contributed by atoms with Gasteiger partial charge in [0.1, 0.15) is 11.6 Å². The Hall–Kier alpha value is -1.17. The molecule has 0 radical (unpaired) electrons. The van der Waals surface area contributed by atoms with Crippen LogP contribution in [0.15, 0.2) is 6.07 Å². The first-order valence-corrected chi connectivity index (χ1v) is 7.05. The van der Waals surface area contributed by atoms with Crippen LogP contribution in [-0.2, 0) is 0 Å². The fourth-order valence-electron chi connectivity index (χ4n) is 2.30. The topological polar surface area (TPSA) is 89.8 Å². The summed E-state index contributed by atoms with van der Waals surface area (Å²) in [5.74, 6) is 1.34. The van der Waals surface area contributed by atoms with Crippen molar-refractivity contribution in [3.8, 4) is 0 Å². The molecule has 0 saturated heterocycles. The van der Waals surface area contributed by atoms with Gasteiger partial charge in [0, 0.05) is 17.4 Å². The number of nitrogen functional groups attached to an aromatic ring is 2. The van der Waals surface area contributed by atoms with Crippen molar-refractivity contribution in [2.75, 3.05) is 29.6 Å². The van der Waals surface area contributed by atoms with E-state index in [1.807, 2.05) is 11.8 Å². The third-order valence-corrected chi connectivity index (χ3v) is 4.72. The van der Waals surface area contributed by atoms with Crippen LogP contribution in [0.3, 0.4) is 0 Å². The van der Waals surface area contributed by atoms with E-state index in [1.165, 1.54) is 25.7 Å². The van der Waals surface area contributed by atoms with Crippen LogP contribution in [-0.4, -0.2) is 27.5 Å². The molecule has 1 aromatic rings. The maximum absolute atomic E-state index is 5.63. The summed E-state index contributed by atoms with van der Waals surface area (Å²) in [4.78, 5) is 7.98. The van der Waals surface area contributed by atoms with Crippen LogP contribution in [0.2, 0.25) is 0 Å². The summed E-state index contributed by atoms with van der Waals surface area (Å²) >= 11 is 1.94. The van der Waals surface area contributed by atoms with E-state index in [2.05, 4.69) is 21.5 Å². The van der Waals surface area contributed by atoms with E-state index >= 15 is 0 Å². The van der Waals surface area contributed by atoms with Crippen molar-refractivity contribution in [2.45, 2.75) is 30.4 Å². The Morgan fingerprint density at radius 1 is 1.35 bits per heavy atom. The van der Waals surface area contributed by atoms with Crippen molar-refractivity contribution in [2.24, 2.45) is 0 Å². The highest BCUT2D eigenvalue weighted by Gasteiger charge is 2.32. The predicted molar refractivity (Wildman–Crippen MR) is 74.1 cm³/mol. The largest absolute Gasteiger partial charge is 0.383 e. The number of nitrogens with one attached hydrogen (secondary N) is 1. The van der Waals surface area contributed by atoms with E-state index in [4.69, 9.17) is 11.5 Å². The molecule has 6 heteroatoms. The van der Waals surface area contributed by atoms with Crippen molar-refractivity contribution in [3.63, 3.8) is 0 Å². The molecule has 0 atom stereocenters. The van der Waals surface area contributed by atoms with E-state index < -0.39 is 0 Å². The molecule has 0 aliphatic heterocycles. The Bertz CT molecular complexity index is 369. The van der Waals surface area contributed by atoms with Gasteiger partial charge in [-0.1, -0.05) is 12.8 Å². The average Bonchev–Trinajstić information content (AvgIpc) is 2.74. The molecule has 1 aliphatic carbocycles. The lowest BCUT2D eigenvalue weighted by Crippen LogP contribution is -2.30. The van der Waals surface area contributed by atoms with Gasteiger partial charge in [-0.15, -0.1) is 0 Å². The van der Waals surface area contributed by atoms with Gasteiger partial charge < -0.3 is 16.8 Å². The van der Waals surface area contributed by atoms with Gasteiger partial charge in [-0.2, -0.15) is 21.7 Å². The smallest absolute Gasteiger partial charge is 0.223 e. The molecule has 2 rings (SSSR count). The van der Waals surface area contributed by atoms with Crippen molar-refractivity contribution >= 4 is 29.3 Å². The van der Waals surface area contributed by atoms with E-state index in [9.17, 15) is 0 Å². The van der Waals surface area contributed by atoms with Gasteiger partial charge >= 0.3 is 0 Å². The molecule has 0 aromatic carbocycles. The van der Waals surface area contributed by atoms with Gasteiger partial charge in [0.15, 0.2) is 0 Å². The third-order valence-electron chi connectivity index (χ3n) is 3.30. The molecular formula is C11H19N5S. The second-order valence-corrected chi connectivity index (χ2v) is 5.76. The third kappa shape index (κ3) is 2.94. The summed E-state index contributed by atoms with van der Waals surface area (Å²) < 4.78 is 0.342. The van der Waals surface area contributed by atoms with Gasteiger partial charge in [-0.3, -0.25) is 0 Å². The molecule has 0 unspecified atom stereocenters. The Labute approximate surface area is 106 Å². The van der Waals surface area contributed by atoms with E-state index in [1.54, 1.807) is 6.07 Å². The minimum absolute atomic E-state index is 0.220. The molecule has 1 fully saturated rings. The summed E-state index contributed by atoms with van der Waals surface area (Å²) in [5.41, 5.74) is 11.2. The van der Waals surface area contributed by atoms with Crippen LogP contribution >= 0.6 is 11.8 Å². The number of nitrogens with zero attached hydrogens (tertiary/aromatic N) is 2. The number of aromatic nitrogens is 2. The second kappa shape index (κ2) is 5.00. The van der Waals surface area contributed by atoms with Crippen LogP contribution in [0.25, 0.3) is 0 Å². The molecule has 5 N–H and O–H groups in total. The zero-order chi connectivity index (χ0) is 12.3. The second-order valence-electron chi connectivity index (χ2n) is 4.48. The Morgan fingerprint density at radius 2 is 2.06 bits per heavy atom. The maximum atomic E-state index is 5.63. The molecule has 1 aromatic heterocycles. The first-order valence-electron chi connectivity index (χ1n) is 5.83. The number of hydrogen-bond acceptors (Lipinski definition) is 6. The molecular weight excluding hydrogens is 234 g/mol. The summed E-state index contributed by atoms with van der Waals surface area (Å²) in [5, 5.41) is 3.33. The molecule has 94 valence electrons. The van der Waals surface area contributed by atoms with Crippen LogP contribution < -0.4 is 16.8 Å². The number of anilines is 3. The minimum atomic E-state index is 0.220. The molecule has 0 amide bonds. The van der Waals surface area contributed by atoms with Gasteiger partial charge in [0.25, 0.3) is 0 Å². The number of rotatable bonds is 4. The van der Waals surface area contributed by atoms with Gasteiger partial charge in [0.05, 0.1) is 0 Å². The van der Waals surface area contributed by atoms with E-state index in [-0.39, 0.29) is 5.95 Å². The lowest BCUT2D eigenvalue weighted by molar-refractivity contribution is 0.638. The average molecular weight is 253 g/mol. The monoisotopic (exact) mass is 253 g/mol. The van der Waals surface area contributed by atoms with Crippen molar-refractivity contribution < 1.29 is 0 Å². The quantitative estimate of drug-likeness (QED) is 0.757. The van der Waals surface area contributed by atoms with Crippen LogP contribution in [0, 0.1) is 0 Å². The van der Waals surface area contributed by atoms with Gasteiger partial charge in [-0.05, 0) is 19.1 Å². The molecule has 0 bridgehead atoms. The maximum Gasteiger partial charge on any atom is 0.223 e. The summed E-state index contributed by atoms with van der Waals surface area (Å²) in [6.45, 7) is 0.907. The standard InChI is InChI=1S/C11H19N5S/c1-17-11(4-2-3-5-11)7-14-9-6-8(12)15-10(13)16-9/h6H,2-5,7H2,1H3,(H5,12,13,14,15,16). The normalized spacial score (nSPS) is 18.2. The molecule has 17 heavy (non-hydrogen) atoms. The lowest BCUT2D eigenvalue weighted by atomic mass is 10.1. The van der Waals surface area contributed by atoms with Crippen molar-refractivity contribution in [1.29, 1.82) is 0 Å².